The summed E-state index contributed by atoms with van der Waals surface area (Å²) in [5.41, 5.74) is 4.99. The highest BCUT2D eigenvalue weighted by molar-refractivity contribution is 8.13. The minimum absolute atomic E-state index is 0.0301. The highest BCUT2D eigenvalue weighted by atomic mass is 32.2. The number of nitrogens with zero attached hydrogens (tertiary/aromatic N) is 2. The van der Waals surface area contributed by atoms with E-state index in [0.717, 1.165) is 11.8 Å². The number of nitrogens with two attached hydrogens (primary N) is 1. The summed E-state index contributed by atoms with van der Waals surface area (Å²) >= 11 is 1.08. The van der Waals surface area contributed by atoms with E-state index in [1.807, 2.05) is 0 Å². The Labute approximate surface area is 50.1 Å². The van der Waals surface area contributed by atoms with Gasteiger partial charge in [0.2, 0.25) is 5.17 Å². The van der Waals surface area contributed by atoms with Crippen LogP contribution in [0.1, 0.15) is 0 Å². The number of hydrogen-bond acceptors (Lipinski definition) is 2. The second-order valence-corrected chi connectivity index (χ2v) is 1.72. The van der Waals surface area contributed by atoms with E-state index in [-0.39, 0.29) is 5.17 Å². The summed E-state index contributed by atoms with van der Waals surface area (Å²) in [7, 11) is 0. The van der Waals surface area contributed by atoms with Crippen molar-refractivity contribution in [2.45, 2.75) is 0 Å². The van der Waals surface area contributed by atoms with Crippen LogP contribution in [0, 0.1) is 4.91 Å². The number of amidine groups is 1. The monoisotopic (exact) mass is 136 g/mol. The zero-order chi connectivity index (χ0) is 6.57. The predicted molar refractivity (Wildman–Crippen MR) is 30.6 cm³/mol. The van der Waals surface area contributed by atoms with Gasteiger partial charge in [0, 0.05) is 0 Å². The third-order valence-corrected chi connectivity index (χ3v) is 0.893. The van der Waals surface area contributed by atoms with Crippen LogP contribution >= 0.6 is 11.8 Å². The average Bonchev–Trinajstić information content (AvgIpc) is 1.65. The molecule has 0 aromatic heterocycles. The Balaban J connectivity index is 3.75. The Morgan fingerprint density at radius 1 is 2.00 bits per heavy atom. The van der Waals surface area contributed by atoms with E-state index < -0.39 is 5.03 Å². The van der Waals surface area contributed by atoms with Crippen LogP contribution in [0.2, 0.25) is 0 Å². The number of thioether (sulfide) groups is 1. The van der Waals surface area contributed by atoms with E-state index in [9.17, 15) is 4.91 Å². The van der Waals surface area contributed by atoms with Gasteiger partial charge in [-0.2, -0.15) is 0 Å². The number of hydrogen-bond donors (Lipinski definition) is 2. The van der Waals surface area contributed by atoms with Gasteiger partial charge in [-0.1, -0.05) is 11.8 Å². The predicted octanol–water partition coefficient (Wildman–Crippen LogP) is -0.253. The Morgan fingerprint density at radius 2 is 2.50 bits per heavy atom. The second kappa shape index (κ2) is 3.25. The summed E-state index contributed by atoms with van der Waals surface area (Å²) in [4.78, 5) is 9.60. The molecule has 0 aliphatic heterocycles. The van der Waals surface area contributed by atoms with Crippen LogP contribution in [0.3, 0.4) is 0 Å². The van der Waals surface area contributed by atoms with Gasteiger partial charge in [0.25, 0.3) is 0 Å². The van der Waals surface area contributed by atoms with Gasteiger partial charge in [0.15, 0.2) is 0 Å². The van der Waals surface area contributed by atoms with Gasteiger partial charge in [0.1, 0.15) is 10.0 Å². The van der Waals surface area contributed by atoms with Crippen molar-refractivity contribution < 1.29 is 10.2 Å². The molecule has 0 unspecified atom stereocenters. The molecule has 8 heavy (non-hydrogen) atoms. The average molecular weight is 136 g/mol. The standard InChI is InChI=1S/C2H6N3O2S/c1-8-2(3)4-5(6)7/h1H3,(H2,3,4)(H,6,7)/q+1. The lowest BCUT2D eigenvalue weighted by molar-refractivity contribution is -0.796. The SMILES string of the molecule is CS/C(N)=N/[N+](=O)O. The van der Waals surface area contributed by atoms with E-state index in [4.69, 9.17) is 10.9 Å². The topological polar surface area (TPSA) is 78.7 Å². The zero-order valence-corrected chi connectivity index (χ0v) is 5.05. The molecule has 0 heterocycles. The molecule has 6 heteroatoms. The molecule has 3 N–H and O–H groups in total. The van der Waals surface area contributed by atoms with Gasteiger partial charge >= 0.3 is 5.03 Å². The molecule has 0 saturated heterocycles. The van der Waals surface area contributed by atoms with Crippen LogP contribution in [0.15, 0.2) is 5.10 Å². The van der Waals surface area contributed by atoms with Crippen LogP contribution < -0.4 is 5.73 Å². The summed E-state index contributed by atoms with van der Waals surface area (Å²) in [6.07, 6.45) is 1.64. The first-order valence-electron chi connectivity index (χ1n) is 1.71. The molecule has 0 spiro atoms. The van der Waals surface area contributed by atoms with E-state index in [2.05, 4.69) is 5.10 Å². The van der Waals surface area contributed by atoms with Gasteiger partial charge < -0.3 is 5.73 Å². The third-order valence-electron chi connectivity index (χ3n) is 0.393. The van der Waals surface area contributed by atoms with E-state index in [1.54, 1.807) is 6.26 Å². The molecule has 0 bridgehead atoms. The molecule has 0 amide bonds. The van der Waals surface area contributed by atoms with Crippen LogP contribution in [0.5, 0.6) is 0 Å². The van der Waals surface area contributed by atoms with Crippen LogP contribution in [0.4, 0.5) is 0 Å². The molecule has 5 nitrogen and oxygen atoms in total. The molecular formula is C2H6N3O2S+. The molecule has 0 rings (SSSR count). The van der Waals surface area contributed by atoms with Crippen molar-refractivity contribution in [3.63, 3.8) is 0 Å². The highest BCUT2D eigenvalue weighted by Gasteiger charge is 1.99. The minimum atomic E-state index is -0.578. The minimum Gasteiger partial charge on any atom is -0.373 e. The molecule has 0 aliphatic rings. The zero-order valence-electron chi connectivity index (χ0n) is 4.24. The summed E-state index contributed by atoms with van der Waals surface area (Å²) in [6, 6.07) is 0. The lowest BCUT2D eigenvalue weighted by atomic mass is 11.4. The molecule has 0 saturated carbocycles. The van der Waals surface area contributed by atoms with E-state index in [0.29, 0.717) is 0 Å². The molecule has 0 aromatic rings. The van der Waals surface area contributed by atoms with Crippen LogP contribution in [-0.4, -0.2) is 21.7 Å². The Bertz CT molecular complexity index is 122. The van der Waals surface area contributed by atoms with Crippen molar-refractivity contribution in [2.75, 3.05) is 6.26 Å². The fraction of sp³-hybridized carbons (Fsp3) is 0.500. The maximum absolute atomic E-state index is 9.60. The molecule has 0 aliphatic carbocycles. The quantitative estimate of drug-likeness (QED) is 0.296. The Hall–Kier alpha value is -0.780. The van der Waals surface area contributed by atoms with Gasteiger partial charge in [0.05, 0.1) is 0 Å². The van der Waals surface area contributed by atoms with Gasteiger partial charge in [-0.25, -0.2) is 5.21 Å². The normalized spacial score (nSPS) is 11.4. The molecule has 0 fully saturated rings. The third kappa shape index (κ3) is 3.41. The largest absolute Gasteiger partial charge is 0.390 e. The maximum Gasteiger partial charge on any atom is 0.390 e. The fourth-order valence-electron chi connectivity index (χ4n) is 0.125. The molecule has 0 radical (unpaired) electrons. The smallest absolute Gasteiger partial charge is 0.373 e. The van der Waals surface area contributed by atoms with Crippen molar-refractivity contribution >= 4 is 16.9 Å². The number of rotatable bonds is 1. The van der Waals surface area contributed by atoms with Crippen molar-refractivity contribution in [3.8, 4) is 0 Å². The van der Waals surface area contributed by atoms with Crippen molar-refractivity contribution in [2.24, 2.45) is 10.8 Å². The van der Waals surface area contributed by atoms with Gasteiger partial charge in [-0.05, 0) is 6.26 Å². The summed E-state index contributed by atoms with van der Waals surface area (Å²) < 4.78 is 0. The molecular weight excluding hydrogens is 130 g/mol. The lowest BCUT2D eigenvalue weighted by Gasteiger charge is -1.79. The van der Waals surface area contributed by atoms with Gasteiger partial charge in [-0.3, -0.25) is 0 Å². The van der Waals surface area contributed by atoms with Gasteiger partial charge in [-0.15, -0.1) is 0 Å². The summed E-state index contributed by atoms with van der Waals surface area (Å²) in [6.45, 7) is 0. The summed E-state index contributed by atoms with van der Waals surface area (Å²) in [5.74, 6) is 0. The molecule has 46 valence electrons. The molecule has 0 aromatic carbocycles. The molecule has 0 atom stereocenters. The first-order valence-corrected chi connectivity index (χ1v) is 2.93. The highest BCUT2D eigenvalue weighted by Crippen LogP contribution is 1.88. The Morgan fingerprint density at radius 3 is 2.62 bits per heavy atom. The van der Waals surface area contributed by atoms with Crippen LogP contribution in [-0.2, 0) is 0 Å². The fourth-order valence-corrected chi connectivity index (χ4v) is 0.277. The lowest BCUT2D eigenvalue weighted by Crippen LogP contribution is -2.08. The summed E-state index contributed by atoms with van der Waals surface area (Å²) in [5, 5.41) is 10.2. The van der Waals surface area contributed by atoms with Crippen LogP contribution in [0.25, 0.3) is 0 Å². The second-order valence-electron chi connectivity index (χ2n) is 0.895. The first-order chi connectivity index (χ1) is 3.66. The first kappa shape index (κ1) is 7.22. The van der Waals surface area contributed by atoms with Crippen molar-refractivity contribution in [3.05, 3.63) is 4.91 Å². The Kier molecular flexibility index (Phi) is 2.93. The maximum atomic E-state index is 9.60. The van der Waals surface area contributed by atoms with Crippen molar-refractivity contribution in [1.29, 1.82) is 0 Å². The number of hydrazone groups is 1. The van der Waals surface area contributed by atoms with Crippen molar-refractivity contribution in [1.82, 2.24) is 0 Å². The van der Waals surface area contributed by atoms with E-state index >= 15 is 0 Å². The van der Waals surface area contributed by atoms with E-state index in [1.165, 1.54) is 0 Å².